The summed E-state index contributed by atoms with van der Waals surface area (Å²) in [5, 5.41) is 8.68. The Balaban J connectivity index is 1.70. The van der Waals surface area contributed by atoms with Gasteiger partial charge in [-0.3, -0.25) is 9.59 Å². The molecule has 132 valence electrons. The maximum Gasteiger partial charge on any atom is 0.327 e. The van der Waals surface area contributed by atoms with Crippen molar-refractivity contribution in [3.8, 4) is 6.07 Å². The number of sulfonamides is 1. The summed E-state index contributed by atoms with van der Waals surface area (Å²) >= 11 is 0. The van der Waals surface area contributed by atoms with Crippen molar-refractivity contribution in [3.63, 3.8) is 0 Å². The lowest BCUT2D eigenvalue weighted by Gasteiger charge is -2.14. The van der Waals surface area contributed by atoms with Crippen LogP contribution in [0.4, 0.5) is 4.39 Å². The second-order valence-corrected chi connectivity index (χ2v) is 7.22. The summed E-state index contributed by atoms with van der Waals surface area (Å²) in [5.74, 6) is -2.55. The smallest absolute Gasteiger partial charge is 0.327 e. The zero-order chi connectivity index (χ0) is 18.9. The van der Waals surface area contributed by atoms with E-state index >= 15 is 0 Å². The third-order valence-corrected chi connectivity index (χ3v) is 5.54. The average Bonchev–Trinajstić information content (AvgIpc) is 2.82. The molecule has 1 aliphatic rings. The molecule has 0 radical (unpaired) electrons. The molecule has 0 unspecified atom stereocenters. The van der Waals surface area contributed by atoms with Crippen molar-refractivity contribution < 1.29 is 27.1 Å². The van der Waals surface area contributed by atoms with Gasteiger partial charge in [-0.25, -0.2) is 17.1 Å². The fourth-order valence-electron chi connectivity index (χ4n) is 2.44. The number of esters is 1. The lowest BCUT2D eigenvalue weighted by atomic mass is 10.1. The van der Waals surface area contributed by atoms with Crippen molar-refractivity contribution in [1.29, 1.82) is 5.26 Å². The first-order chi connectivity index (χ1) is 12.3. The number of carbonyl (C=O) groups is 2. The van der Waals surface area contributed by atoms with Gasteiger partial charge in [0.05, 0.1) is 17.2 Å². The minimum atomic E-state index is -4.12. The van der Waals surface area contributed by atoms with Crippen molar-refractivity contribution in [2.45, 2.75) is 11.5 Å². The zero-order valence-electron chi connectivity index (χ0n) is 13.2. The Kier molecular flexibility index (Phi) is 4.44. The number of carbonyl (C=O) groups excluding carboxylic acids is 2. The second-order valence-electron chi connectivity index (χ2n) is 5.39. The number of ether oxygens (including phenoxy) is 1. The average molecular weight is 374 g/mol. The lowest BCUT2D eigenvalue weighted by Crippen LogP contribution is -2.35. The standard InChI is InChI=1S/C17H11FN2O5S/c18-14-7-11(8-19)5-6-12(14)10-25-16(21)9-20-17(22)13-3-1-2-4-15(13)26(20,23)24/h1-7H,9-10H2. The molecule has 1 aliphatic heterocycles. The highest BCUT2D eigenvalue weighted by Gasteiger charge is 2.42. The fourth-order valence-corrected chi connectivity index (χ4v) is 3.96. The number of nitriles is 1. The summed E-state index contributed by atoms with van der Waals surface area (Å²) in [6.07, 6.45) is 0. The Morgan fingerprint density at radius 1 is 1.23 bits per heavy atom. The van der Waals surface area contributed by atoms with Gasteiger partial charge in [0.1, 0.15) is 23.9 Å². The Morgan fingerprint density at radius 2 is 1.96 bits per heavy atom. The molecule has 2 aromatic rings. The van der Waals surface area contributed by atoms with Crippen LogP contribution in [0.2, 0.25) is 0 Å². The number of rotatable bonds is 4. The molecule has 0 N–H and O–H groups in total. The zero-order valence-corrected chi connectivity index (χ0v) is 14.0. The SMILES string of the molecule is N#Cc1ccc(COC(=O)CN2C(=O)c3ccccc3S2(=O)=O)c(F)c1. The highest BCUT2D eigenvalue weighted by atomic mass is 32.2. The number of benzene rings is 2. The largest absolute Gasteiger partial charge is 0.459 e. The van der Waals surface area contributed by atoms with Crippen LogP contribution in [0.15, 0.2) is 47.4 Å². The third-order valence-electron chi connectivity index (χ3n) is 3.76. The third kappa shape index (κ3) is 3.02. The summed E-state index contributed by atoms with van der Waals surface area (Å²) in [6.45, 7) is -1.26. The minimum absolute atomic E-state index is 0.0153. The summed E-state index contributed by atoms with van der Waals surface area (Å²) in [5.41, 5.74) is 0.124. The Labute approximate surface area is 148 Å². The number of fused-ring (bicyclic) bond motifs is 1. The molecule has 0 aromatic heterocycles. The molecule has 9 heteroatoms. The summed E-state index contributed by atoms with van der Waals surface area (Å²) < 4.78 is 43.7. The molecule has 1 heterocycles. The van der Waals surface area contributed by atoms with Crippen molar-refractivity contribution in [2.75, 3.05) is 6.54 Å². The van der Waals surface area contributed by atoms with Gasteiger partial charge in [-0.1, -0.05) is 18.2 Å². The topological polar surface area (TPSA) is 105 Å². The van der Waals surface area contributed by atoms with Crippen LogP contribution in [-0.4, -0.2) is 31.1 Å². The van der Waals surface area contributed by atoms with E-state index in [1.807, 2.05) is 0 Å². The predicted octanol–water partition coefficient (Wildman–Crippen LogP) is 1.59. The van der Waals surface area contributed by atoms with Crippen molar-refractivity contribution in [2.24, 2.45) is 0 Å². The summed E-state index contributed by atoms with van der Waals surface area (Å²) in [4.78, 5) is 24.0. The molecule has 2 aromatic carbocycles. The number of hydrogen-bond donors (Lipinski definition) is 0. The molecule has 3 rings (SSSR count). The summed E-state index contributed by atoms with van der Waals surface area (Å²) in [7, 11) is -4.12. The summed E-state index contributed by atoms with van der Waals surface area (Å²) in [6, 6.07) is 11.0. The fraction of sp³-hybridized carbons (Fsp3) is 0.118. The maximum atomic E-state index is 13.8. The van der Waals surface area contributed by atoms with Gasteiger partial charge < -0.3 is 4.74 Å². The molecule has 26 heavy (non-hydrogen) atoms. The van der Waals surface area contributed by atoms with E-state index in [1.165, 1.54) is 36.4 Å². The molecule has 0 aliphatic carbocycles. The van der Waals surface area contributed by atoms with Crippen LogP contribution in [0.1, 0.15) is 21.5 Å². The lowest BCUT2D eigenvalue weighted by molar-refractivity contribution is -0.144. The second kappa shape index (κ2) is 6.57. The normalized spacial score (nSPS) is 14.6. The first-order valence-electron chi connectivity index (χ1n) is 7.35. The molecule has 0 spiro atoms. The van der Waals surface area contributed by atoms with Gasteiger partial charge >= 0.3 is 5.97 Å². The Bertz CT molecular complexity index is 1060. The first-order valence-corrected chi connectivity index (χ1v) is 8.79. The van der Waals surface area contributed by atoms with E-state index in [9.17, 15) is 22.4 Å². The number of nitrogens with zero attached hydrogens (tertiary/aromatic N) is 2. The van der Waals surface area contributed by atoms with E-state index in [0.29, 0.717) is 4.31 Å². The first kappa shape index (κ1) is 17.6. The van der Waals surface area contributed by atoms with E-state index in [-0.39, 0.29) is 21.6 Å². The van der Waals surface area contributed by atoms with E-state index in [4.69, 9.17) is 10.00 Å². The van der Waals surface area contributed by atoms with Crippen LogP contribution >= 0.6 is 0 Å². The van der Waals surface area contributed by atoms with Crippen LogP contribution in [-0.2, 0) is 26.2 Å². The molecular weight excluding hydrogens is 363 g/mol. The van der Waals surface area contributed by atoms with Crippen LogP contribution < -0.4 is 0 Å². The number of halogens is 1. The molecule has 0 atom stereocenters. The highest BCUT2D eigenvalue weighted by Crippen LogP contribution is 2.29. The van der Waals surface area contributed by atoms with E-state index in [2.05, 4.69) is 0 Å². The predicted molar refractivity (Wildman–Crippen MR) is 85.6 cm³/mol. The molecular formula is C17H11FN2O5S. The molecule has 0 saturated carbocycles. The van der Waals surface area contributed by atoms with E-state index in [1.54, 1.807) is 6.07 Å². The minimum Gasteiger partial charge on any atom is -0.459 e. The molecule has 7 nitrogen and oxygen atoms in total. The van der Waals surface area contributed by atoms with Crippen molar-refractivity contribution in [3.05, 3.63) is 65.0 Å². The van der Waals surface area contributed by atoms with Crippen molar-refractivity contribution >= 4 is 21.9 Å². The van der Waals surface area contributed by atoms with Gasteiger partial charge in [-0.2, -0.15) is 5.26 Å². The van der Waals surface area contributed by atoms with E-state index < -0.39 is 40.9 Å². The highest BCUT2D eigenvalue weighted by molar-refractivity contribution is 7.90. The van der Waals surface area contributed by atoms with Crippen LogP contribution in [0.25, 0.3) is 0 Å². The van der Waals surface area contributed by atoms with Gasteiger partial charge in [0, 0.05) is 5.56 Å². The van der Waals surface area contributed by atoms with Crippen molar-refractivity contribution in [1.82, 2.24) is 4.31 Å². The molecule has 1 amide bonds. The molecule has 0 saturated heterocycles. The molecule has 0 fully saturated rings. The van der Waals surface area contributed by atoms with Crippen LogP contribution in [0, 0.1) is 17.1 Å². The number of hydrogen-bond acceptors (Lipinski definition) is 6. The van der Waals surface area contributed by atoms with Gasteiger partial charge in [-0.15, -0.1) is 0 Å². The Morgan fingerprint density at radius 3 is 2.62 bits per heavy atom. The van der Waals surface area contributed by atoms with Gasteiger partial charge in [0.15, 0.2) is 0 Å². The van der Waals surface area contributed by atoms with E-state index in [0.717, 1.165) is 6.07 Å². The van der Waals surface area contributed by atoms with Crippen LogP contribution in [0.5, 0.6) is 0 Å². The molecule has 0 bridgehead atoms. The number of amides is 1. The monoisotopic (exact) mass is 374 g/mol. The van der Waals surface area contributed by atoms with Gasteiger partial charge in [-0.05, 0) is 24.3 Å². The quantitative estimate of drug-likeness (QED) is 0.753. The van der Waals surface area contributed by atoms with Gasteiger partial charge in [0.2, 0.25) is 0 Å². The van der Waals surface area contributed by atoms with Gasteiger partial charge in [0.25, 0.3) is 15.9 Å². The van der Waals surface area contributed by atoms with Crippen LogP contribution in [0.3, 0.4) is 0 Å². The Hall–Kier alpha value is -3.25. The maximum absolute atomic E-state index is 13.8.